The summed E-state index contributed by atoms with van der Waals surface area (Å²) in [6.45, 7) is 2.82. The minimum atomic E-state index is -4.08. The van der Waals surface area contributed by atoms with Crippen LogP contribution in [0.5, 0.6) is 5.75 Å². The molecule has 1 fully saturated rings. The van der Waals surface area contributed by atoms with E-state index in [1.165, 1.54) is 11.6 Å². The van der Waals surface area contributed by atoms with E-state index in [1.54, 1.807) is 12.1 Å². The van der Waals surface area contributed by atoms with Gasteiger partial charge in [0, 0.05) is 24.7 Å². The van der Waals surface area contributed by atoms with Crippen LogP contribution in [0.2, 0.25) is 5.02 Å². The molecular formula is C27H33ClN2O6S. The van der Waals surface area contributed by atoms with Gasteiger partial charge in [0.2, 0.25) is 0 Å². The summed E-state index contributed by atoms with van der Waals surface area (Å²) in [7, 11) is -4.08. The van der Waals surface area contributed by atoms with Crippen LogP contribution in [0.15, 0.2) is 41.3 Å². The van der Waals surface area contributed by atoms with Gasteiger partial charge in [-0.1, -0.05) is 17.7 Å². The summed E-state index contributed by atoms with van der Waals surface area (Å²) in [5, 5.41) is 0.708. The molecule has 3 aliphatic rings. The second kappa shape index (κ2) is 11.6. The van der Waals surface area contributed by atoms with Gasteiger partial charge in [-0.15, -0.1) is 0 Å². The Labute approximate surface area is 223 Å². The van der Waals surface area contributed by atoms with Gasteiger partial charge in [0.05, 0.1) is 23.8 Å². The van der Waals surface area contributed by atoms with Crippen LogP contribution in [0.25, 0.3) is 0 Å². The Kier molecular flexibility index (Phi) is 8.24. The lowest BCUT2D eigenvalue weighted by molar-refractivity contribution is -0.124. The standard InChI is InChI=1S/C27H33ClN2O6S/c28-23-7-6-22-17-36-26-9-8-24-14-25(26)30(10-2-1-3-19(22)13-23)15-20-4-5-21(20)16-34-11-12-35-18-27(31)29-37(24,32)33/h6-9,13-14,20-21H,1-5,10-12,15-18H2,(H,29,31)/t20-,21-/m0/s1. The highest BCUT2D eigenvalue weighted by Gasteiger charge is 2.33. The first-order valence-corrected chi connectivity index (χ1v) is 14.8. The number of halogens is 1. The minimum Gasteiger partial charge on any atom is -0.487 e. The molecule has 0 unspecified atom stereocenters. The maximum absolute atomic E-state index is 13.1. The quantitative estimate of drug-likeness (QED) is 0.533. The molecule has 37 heavy (non-hydrogen) atoms. The number of benzene rings is 2. The van der Waals surface area contributed by atoms with Crippen molar-refractivity contribution in [3.63, 3.8) is 0 Å². The second-order valence-electron chi connectivity index (χ2n) is 9.99. The van der Waals surface area contributed by atoms with Crippen molar-refractivity contribution < 1.29 is 27.4 Å². The van der Waals surface area contributed by atoms with Crippen LogP contribution in [0.4, 0.5) is 5.69 Å². The number of ether oxygens (including phenoxy) is 3. The molecule has 200 valence electrons. The predicted octanol–water partition coefficient (Wildman–Crippen LogP) is 3.94. The van der Waals surface area contributed by atoms with Crippen LogP contribution < -0.4 is 14.4 Å². The summed E-state index contributed by atoms with van der Waals surface area (Å²) < 4.78 is 45.7. The summed E-state index contributed by atoms with van der Waals surface area (Å²) in [5.41, 5.74) is 2.97. The van der Waals surface area contributed by atoms with Crippen molar-refractivity contribution in [2.75, 3.05) is 44.4 Å². The van der Waals surface area contributed by atoms with Gasteiger partial charge in [-0.25, -0.2) is 13.1 Å². The first-order valence-electron chi connectivity index (χ1n) is 12.9. The zero-order chi connectivity index (χ0) is 25.8. The zero-order valence-electron chi connectivity index (χ0n) is 20.8. The van der Waals surface area contributed by atoms with Crippen molar-refractivity contribution >= 4 is 33.2 Å². The molecule has 2 aromatic carbocycles. The molecule has 2 aliphatic heterocycles. The van der Waals surface area contributed by atoms with Crippen LogP contribution >= 0.6 is 11.6 Å². The number of rotatable bonds is 0. The molecule has 10 heteroatoms. The lowest BCUT2D eigenvalue weighted by atomic mass is 9.73. The second-order valence-corrected chi connectivity index (χ2v) is 12.1. The molecule has 1 aliphatic carbocycles. The summed E-state index contributed by atoms with van der Waals surface area (Å²) in [6.07, 6.45) is 5.02. The lowest BCUT2D eigenvalue weighted by Gasteiger charge is -2.41. The first kappa shape index (κ1) is 26.3. The number of fused-ring (bicyclic) bond motifs is 3. The molecule has 2 atom stereocenters. The van der Waals surface area contributed by atoms with Crippen molar-refractivity contribution in [3.05, 3.63) is 52.5 Å². The Balaban J connectivity index is 1.51. The van der Waals surface area contributed by atoms with Gasteiger partial charge in [0.1, 0.15) is 19.0 Å². The number of nitrogens with one attached hydrogen (secondary N) is 1. The van der Waals surface area contributed by atoms with Gasteiger partial charge in [0.15, 0.2) is 0 Å². The van der Waals surface area contributed by atoms with Crippen molar-refractivity contribution in [1.82, 2.24) is 4.72 Å². The van der Waals surface area contributed by atoms with Crippen molar-refractivity contribution in [3.8, 4) is 5.75 Å². The third kappa shape index (κ3) is 6.39. The highest BCUT2D eigenvalue weighted by atomic mass is 35.5. The Morgan fingerprint density at radius 3 is 2.62 bits per heavy atom. The van der Waals surface area contributed by atoms with Crippen LogP contribution in [0.3, 0.4) is 0 Å². The van der Waals surface area contributed by atoms with E-state index in [2.05, 4.69) is 9.62 Å². The topological polar surface area (TPSA) is 94.2 Å². The SMILES string of the molecule is O=C1COCCOC[C@@H]2CC[C@H]2CN2CCCCc3cc(Cl)ccc3COc3ccc(cc32)S(=O)(=O)N1. The predicted molar refractivity (Wildman–Crippen MR) is 141 cm³/mol. The van der Waals surface area contributed by atoms with E-state index in [1.807, 2.05) is 18.2 Å². The van der Waals surface area contributed by atoms with E-state index >= 15 is 0 Å². The van der Waals surface area contributed by atoms with E-state index in [0.29, 0.717) is 42.4 Å². The molecule has 0 aromatic heterocycles. The maximum atomic E-state index is 13.1. The third-order valence-corrected chi connectivity index (χ3v) is 9.08. The lowest BCUT2D eigenvalue weighted by Crippen LogP contribution is -2.41. The zero-order valence-corrected chi connectivity index (χ0v) is 22.4. The smallest absolute Gasteiger partial charge is 0.264 e. The number of aryl methyl sites for hydroxylation is 1. The molecule has 2 aromatic rings. The number of amides is 1. The fraction of sp³-hybridized carbons (Fsp3) is 0.519. The molecule has 0 radical (unpaired) electrons. The molecule has 0 spiro atoms. The van der Waals surface area contributed by atoms with Crippen molar-refractivity contribution in [2.45, 2.75) is 43.6 Å². The van der Waals surface area contributed by atoms with Crippen LogP contribution in [-0.4, -0.2) is 53.8 Å². The number of carbonyl (C=O) groups is 1. The van der Waals surface area contributed by atoms with Crippen molar-refractivity contribution in [2.24, 2.45) is 11.8 Å². The maximum Gasteiger partial charge on any atom is 0.264 e. The number of hydrogen-bond acceptors (Lipinski definition) is 7. The van der Waals surface area contributed by atoms with Crippen molar-refractivity contribution in [1.29, 1.82) is 0 Å². The molecule has 2 bridgehead atoms. The number of nitrogens with zero attached hydrogens (tertiary/aromatic N) is 1. The Hall–Kier alpha value is -2.33. The molecule has 2 heterocycles. The summed E-state index contributed by atoms with van der Waals surface area (Å²) in [4.78, 5) is 14.5. The number of carbonyl (C=O) groups excluding carboxylic acids is 1. The molecule has 1 saturated carbocycles. The highest BCUT2D eigenvalue weighted by molar-refractivity contribution is 7.90. The number of sulfonamides is 1. The normalized spacial score (nSPS) is 24.8. The van der Waals surface area contributed by atoms with Gasteiger partial charge < -0.3 is 19.1 Å². The highest BCUT2D eigenvalue weighted by Crippen LogP contribution is 2.39. The van der Waals surface area contributed by atoms with Crippen LogP contribution in [-0.2, 0) is 37.3 Å². The van der Waals surface area contributed by atoms with Gasteiger partial charge >= 0.3 is 0 Å². The van der Waals surface area contributed by atoms with E-state index in [-0.39, 0.29) is 18.1 Å². The first-order chi connectivity index (χ1) is 17.9. The average molecular weight is 549 g/mol. The molecule has 8 nitrogen and oxygen atoms in total. The molecule has 1 N–H and O–H groups in total. The number of anilines is 1. The van der Waals surface area contributed by atoms with Gasteiger partial charge in [-0.2, -0.15) is 0 Å². The van der Waals surface area contributed by atoms with Gasteiger partial charge in [-0.3, -0.25) is 4.79 Å². The third-order valence-electron chi connectivity index (χ3n) is 7.47. The average Bonchev–Trinajstić information content (AvgIpc) is 2.88. The molecular weight excluding hydrogens is 516 g/mol. The van der Waals surface area contributed by atoms with Crippen LogP contribution in [0.1, 0.15) is 36.8 Å². The number of hydrogen-bond donors (Lipinski definition) is 1. The van der Waals surface area contributed by atoms with E-state index in [9.17, 15) is 13.2 Å². The van der Waals surface area contributed by atoms with Crippen LogP contribution in [0, 0.1) is 11.8 Å². The fourth-order valence-corrected chi connectivity index (χ4v) is 6.41. The van der Waals surface area contributed by atoms with E-state index in [0.717, 1.165) is 56.4 Å². The largest absolute Gasteiger partial charge is 0.487 e. The minimum absolute atomic E-state index is 0.0239. The van der Waals surface area contributed by atoms with Gasteiger partial charge in [0.25, 0.3) is 15.9 Å². The van der Waals surface area contributed by atoms with Gasteiger partial charge in [-0.05, 0) is 85.4 Å². The van der Waals surface area contributed by atoms with E-state index in [4.69, 9.17) is 25.8 Å². The Morgan fingerprint density at radius 2 is 1.78 bits per heavy atom. The molecule has 0 saturated heterocycles. The van der Waals surface area contributed by atoms with E-state index < -0.39 is 15.9 Å². The fourth-order valence-electron chi connectivity index (χ4n) is 5.22. The summed E-state index contributed by atoms with van der Waals surface area (Å²) in [5.74, 6) is 0.788. The summed E-state index contributed by atoms with van der Waals surface area (Å²) >= 11 is 6.27. The summed E-state index contributed by atoms with van der Waals surface area (Å²) in [6, 6.07) is 10.7. The monoisotopic (exact) mass is 548 g/mol. The Bertz CT molecular complexity index is 1240. The molecule has 1 amide bonds. The molecule has 5 rings (SSSR count). The Morgan fingerprint density at radius 1 is 0.946 bits per heavy atom.